The van der Waals surface area contributed by atoms with Gasteiger partial charge >= 0.3 is 0 Å². The molecule has 2 aromatic rings. The highest BCUT2D eigenvalue weighted by atomic mass is 32.1. The molecule has 2 rings (SSSR count). The summed E-state index contributed by atoms with van der Waals surface area (Å²) in [5.41, 5.74) is 1.88. The van der Waals surface area contributed by atoms with Crippen LogP contribution in [0.5, 0.6) is 0 Å². The van der Waals surface area contributed by atoms with E-state index in [4.69, 9.17) is 0 Å². The zero-order valence-electron chi connectivity index (χ0n) is 10.7. The van der Waals surface area contributed by atoms with Crippen molar-refractivity contribution >= 4 is 46.7 Å². The molecule has 0 fully saturated rings. The van der Waals surface area contributed by atoms with Crippen LogP contribution in [0.2, 0.25) is 0 Å². The van der Waals surface area contributed by atoms with Gasteiger partial charge in [-0.25, -0.2) is 0 Å². The molecule has 1 nitrogen and oxygen atoms in total. The molecule has 0 atom stereocenters. The van der Waals surface area contributed by atoms with Crippen molar-refractivity contribution in [2.45, 2.75) is 6.92 Å². The van der Waals surface area contributed by atoms with E-state index in [1.165, 1.54) is 11.0 Å². The summed E-state index contributed by atoms with van der Waals surface area (Å²) in [5.74, 6) is -0.0173. The normalized spacial score (nSPS) is 10.8. The van der Waals surface area contributed by atoms with Gasteiger partial charge in [0.05, 0.1) is 0 Å². The fourth-order valence-electron chi connectivity index (χ4n) is 1.73. The van der Waals surface area contributed by atoms with Gasteiger partial charge in [-0.15, -0.1) is 22.7 Å². The number of carbonyl (C=O) groups excluding carboxylic acids is 1. The Morgan fingerprint density at radius 3 is 2.79 bits per heavy atom. The summed E-state index contributed by atoms with van der Waals surface area (Å²) < 4.78 is 0. The molecule has 0 unspecified atom stereocenters. The largest absolute Gasteiger partial charge is 0.289 e. The highest BCUT2D eigenvalue weighted by Gasteiger charge is 2.09. The first-order chi connectivity index (χ1) is 9.15. The summed E-state index contributed by atoms with van der Waals surface area (Å²) in [6, 6.07) is 3.96. The fraction of sp³-hybridized carbons (Fsp3) is 0.0625. The molecule has 96 valence electrons. The molecule has 2 aromatic heterocycles. The fourth-order valence-corrected chi connectivity index (χ4v) is 3.47. The molecule has 3 heteroatoms. The maximum atomic E-state index is 11.6. The number of ketones is 1. The second-order valence-corrected chi connectivity index (χ2v) is 6.20. The van der Waals surface area contributed by atoms with E-state index in [0.717, 1.165) is 20.9 Å². The molecule has 0 aliphatic carbocycles. The molecular formula is C16H14OS2. The minimum atomic E-state index is -0.0173. The predicted octanol–water partition coefficient (Wildman–Crippen LogP) is 5.30. The van der Waals surface area contributed by atoms with E-state index in [9.17, 15) is 4.79 Å². The van der Waals surface area contributed by atoms with E-state index >= 15 is 0 Å². The van der Waals surface area contributed by atoms with Crippen molar-refractivity contribution in [3.05, 3.63) is 62.5 Å². The molecule has 0 N–H and O–H groups in total. The maximum absolute atomic E-state index is 11.6. The molecule has 0 amide bonds. The van der Waals surface area contributed by atoms with Gasteiger partial charge in [-0.05, 0) is 48.2 Å². The Morgan fingerprint density at radius 1 is 1.32 bits per heavy atom. The van der Waals surface area contributed by atoms with Crippen LogP contribution in [-0.4, -0.2) is 5.78 Å². The Balaban J connectivity index is 2.27. The minimum Gasteiger partial charge on any atom is -0.289 e. The van der Waals surface area contributed by atoms with E-state index in [-0.39, 0.29) is 5.78 Å². The number of aryl methyl sites for hydroxylation is 1. The summed E-state index contributed by atoms with van der Waals surface area (Å²) in [4.78, 5) is 14.9. The van der Waals surface area contributed by atoms with E-state index in [1.54, 1.807) is 22.7 Å². The highest BCUT2D eigenvalue weighted by Crippen LogP contribution is 2.26. The SMILES string of the molecule is C=CC(=O)c1cc(/C=C\c2sccc2C=C)sc1C. The molecule has 2 heterocycles. The van der Waals surface area contributed by atoms with Crippen molar-refractivity contribution in [1.82, 2.24) is 0 Å². The van der Waals surface area contributed by atoms with Crippen molar-refractivity contribution in [2.75, 3.05) is 0 Å². The van der Waals surface area contributed by atoms with Gasteiger partial charge in [0.1, 0.15) is 0 Å². The maximum Gasteiger partial charge on any atom is 0.186 e. The number of allylic oxidation sites excluding steroid dienone is 1. The van der Waals surface area contributed by atoms with Gasteiger partial charge in [-0.1, -0.05) is 19.2 Å². The summed E-state index contributed by atoms with van der Waals surface area (Å²) in [7, 11) is 0. The Labute approximate surface area is 121 Å². The topological polar surface area (TPSA) is 17.1 Å². The average Bonchev–Trinajstić information content (AvgIpc) is 3.01. The van der Waals surface area contributed by atoms with Gasteiger partial charge in [-0.2, -0.15) is 0 Å². The number of hydrogen-bond donors (Lipinski definition) is 0. The third kappa shape index (κ3) is 3.00. The second-order valence-electron chi connectivity index (χ2n) is 3.96. The van der Waals surface area contributed by atoms with Gasteiger partial charge in [0.2, 0.25) is 0 Å². The van der Waals surface area contributed by atoms with Crippen LogP contribution in [0.15, 0.2) is 36.7 Å². The van der Waals surface area contributed by atoms with Crippen LogP contribution in [0.25, 0.3) is 18.2 Å². The first kappa shape index (κ1) is 13.7. The summed E-state index contributed by atoms with van der Waals surface area (Å²) in [5, 5.41) is 2.04. The lowest BCUT2D eigenvalue weighted by molar-refractivity contribution is 0.104. The lowest BCUT2D eigenvalue weighted by Gasteiger charge is -1.90. The number of thiophene rings is 2. The van der Waals surface area contributed by atoms with Crippen LogP contribution in [-0.2, 0) is 0 Å². The van der Waals surface area contributed by atoms with Gasteiger partial charge in [0.15, 0.2) is 5.78 Å². The lowest BCUT2D eigenvalue weighted by atomic mass is 10.1. The lowest BCUT2D eigenvalue weighted by Crippen LogP contribution is -1.91. The zero-order chi connectivity index (χ0) is 13.8. The number of carbonyl (C=O) groups is 1. The van der Waals surface area contributed by atoms with Gasteiger partial charge in [0.25, 0.3) is 0 Å². The smallest absolute Gasteiger partial charge is 0.186 e. The van der Waals surface area contributed by atoms with Gasteiger partial charge in [0, 0.05) is 20.2 Å². The number of hydrogen-bond acceptors (Lipinski definition) is 3. The molecular weight excluding hydrogens is 272 g/mol. The van der Waals surface area contributed by atoms with Crippen molar-refractivity contribution in [1.29, 1.82) is 0 Å². The zero-order valence-corrected chi connectivity index (χ0v) is 12.3. The van der Waals surface area contributed by atoms with E-state index < -0.39 is 0 Å². The van der Waals surface area contributed by atoms with Crippen LogP contribution in [0, 0.1) is 6.92 Å². The Hall–Kier alpha value is -1.71. The Bertz CT molecular complexity index is 656. The molecule has 19 heavy (non-hydrogen) atoms. The van der Waals surface area contributed by atoms with E-state index in [2.05, 4.69) is 19.2 Å². The molecule has 0 saturated carbocycles. The van der Waals surface area contributed by atoms with Crippen LogP contribution in [0.4, 0.5) is 0 Å². The second kappa shape index (κ2) is 5.95. The van der Waals surface area contributed by atoms with E-state index in [0.29, 0.717) is 0 Å². The summed E-state index contributed by atoms with van der Waals surface area (Å²) in [6.45, 7) is 9.27. The molecule has 0 spiro atoms. The molecule has 0 aliphatic rings. The highest BCUT2D eigenvalue weighted by molar-refractivity contribution is 7.13. The molecule has 0 saturated heterocycles. The quantitative estimate of drug-likeness (QED) is 0.538. The van der Waals surface area contributed by atoms with Crippen molar-refractivity contribution in [2.24, 2.45) is 0 Å². The molecule has 0 aliphatic heterocycles. The average molecular weight is 286 g/mol. The van der Waals surface area contributed by atoms with Crippen LogP contribution >= 0.6 is 22.7 Å². The minimum absolute atomic E-state index is 0.0173. The molecule has 0 aromatic carbocycles. The summed E-state index contributed by atoms with van der Waals surface area (Å²) >= 11 is 3.30. The Kier molecular flexibility index (Phi) is 4.30. The van der Waals surface area contributed by atoms with Crippen LogP contribution < -0.4 is 0 Å². The van der Waals surface area contributed by atoms with Crippen LogP contribution in [0.3, 0.4) is 0 Å². The Morgan fingerprint density at radius 2 is 2.11 bits per heavy atom. The van der Waals surface area contributed by atoms with Gasteiger partial charge < -0.3 is 0 Å². The van der Waals surface area contributed by atoms with Crippen molar-refractivity contribution < 1.29 is 4.79 Å². The molecule has 0 bridgehead atoms. The predicted molar refractivity (Wildman–Crippen MR) is 86.9 cm³/mol. The first-order valence-corrected chi connectivity index (χ1v) is 7.50. The molecule has 0 radical (unpaired) electrons. The monoisotopic (exact) mass is 286 g/mol. The third-order valence-electron chi connectivity index (χ3n) is 2.73. The summed E-state index contributed by atoms with van der Waals surface area (Å²) in [6.07, 6.45) is 7.31. The van der Waals surface area contributed by atoms with Crippen molar-refractivity contribution in [3.8, 4) is 0 Å². The third-order valence-corrected chi connectivity index (χ3v) is 4.65. The van der Waals surface area contributed by atoms with Crippen molar-refractivity contribution in [3.63, 3.8) is 0 Å². The van der Waals surface area contributed by atoms with E-state index in [1.807, 2.05) is 36.6 Å². The standard InChI is InChI=1S/C16H14OS2/c1-4-12-8-9-18-16(12)7-6-13-10-14(11(3)19-13)15(17)5-2/h4-10H,1-2H2,3H3/b7-6-. The first-order valence-electron chi connectivity index (χ1n) is 5.81. The number of rotatable bonds is 5. The van der Waals surface area contributed by atoms with Gasteiger partial charge in [-0.3, -0.25) is 4.79 Å². The van der Waals surface area contributed by atoms with Crippen LogP contribution in [0.1, 0.15) is 30.6 Å².